The van der Waals surface area contributed by atoms with E-state index in [9.17, 15) is 0 Å². The Labute approximate surface area is 71.5 Å². The molecule has 12 heavy (non-hydrogen) atoms. The van der Waals surface area contributed by atoms with Crippen LogP contribution in [0.25, 0.3) is 0 Å². The molecule has 0 atom stereocenters. The van der Waals surface area contributed by atoms with E-state index in [0.29, 0.717) is 6.42 Å². The van der Waals surface area contributed by atoms with E-state index >= 15 is 0 Å². The molecule has 0 aliphatic rings. The van der Waals surface area contributed by atoms with Crippen molar-refractivity contribution in [3.8, 4) is 23.8 Å². The van der Waals surface area contributed by atoms with Crippen molar-refractivity contribution in [3.63, 3.8) is 0 Å². The molecule has 0 aromatic heterocycles. The van der Waals surface area contributed by atoms with Crippen molar-refractivity contribution in [2.24, 2.45) is 0 Å². The summed E-state index contributed by atoms with van der Waals surface area (Å²) in [5.41, 5.74) is 0.934. The Kier molecular flexibility index (Phi) is 2.60. The number of rotatable bonds is 2. The summed E-state index contributed by atoms with van der Waals surface area (Å²) in [6.07, 6.45) is 6.45. The van der Waals surface area contributed by atoms with E-state index in [1.807, 2.05) is 0 Å². The van der Waals surface area contributed by atoms with Crippen LogP contribution in [0.2, 0.25) is 0 Å². The Hall–Kier alpha value is -1.62. The predicted octanol–water partition coefficient (Wildman–Crippen LogP) is 1.66. The van der Waals surface area contributed by atoms with Crippen LogP contribution in [0.5, 0.6) is 11.5 Å². The zero-order chi connectivity index (χ0) is 8.97. The molecule has 0 aliphatic heterocycles. The number of aromatic hydroxyl groups is 2. The van der Waals surface area contributed by atoms with Crippen LogP contribution in [-0.2, 0) is 6.42 Å². The van der Waals surface area contributed by atoms with Crippen molar-refractivity contribution < 1.29 is 10.2 Å². The van der Waals surface area contributed by atoms with Gasteiger partial charge < -0.3 is 10.2 Å². The summed E-state index contributed by atoms with van der Waals surface area (Å²) in [5, 5.41) is 18.1. The van der Waals surface area contributed by atoms with E-state index in [1.54, 1.807) is 6.07 Å². The zero-order valence-corrected chi connectivity index (χ0v) is 6.62. The summed E-state index contributed by atoms with van der Waals surface area (Å²) in [7, 11) is 0. The maximum absolute atomic E-state index is 9.10. The lowest BCUT2D eigenvalue weighted by Gasteiger charge is -2.00. The standard InChI is InChI=1S/C10H10O2/c1-2-3-4-8-5-6-9(11)10(12)7-8/h1,5-7,11-12H,3-4H2. The normalized spacial score (nSPS) is 9.25. The molecule has 2 N–H and O–H groups in total. The fourth-order valence-electron chi connectivity index (χ4n) is 0.941. The van der Waals surface area contributed by atoms with E-state index in [-0.39, 0.29) is 11.5 Å². The smallest absolute Gasteiger partial charge is 0.157 e. The number of aryl methyl sites for hydroxylation is 1. The third kappa shape index (κ3) is 1.93. The highest BCUT2D eigenvalue weighted by Crippen LogP contribution is 2.25. The number of benzene rings is 1. The Balaban J connectivity index is 2.77. The second-order valence-corrected chi connectivity index (χ2v) is 2.53. The molecule has 0 unspecified atom stereocenters. The average Bonchev–Trinajstić information content (AvgIpc) is 2.07. The molecule has 2 heteroatoms. The van der Waals surface area contributed by atoms with Gasteiger partial charge >= 0.3 is 0 Å². The first-order valence-corrected chi connectivity index (χ1v) is 3.68. The van der Waals surface area contributed by atoms with Gasteiger partial charge in [0.05, 0.1) is 0 Å². The van der Waals surface area contributed by atoms with E-state index < -0.39 is 0 Å². The number of phenols is 2. The van der Waals surface area contributed by atoms with Crippen LogP contribution in [0, 0.1) is 12.3 Å². The summed E-state index contributed by atoms with van der Waals surface area (Å²) in [6.45, 7) is 0. The zero-order valence-electron chi connectivity index (χ0n) is 6.62. The molecule has 0 spiro atoms. The monoisotopic (exact) mass is 162 g/mol. The molecule has 0 saturated heterocycles. The average molecular weight is 162 g/mol. The van der Waals surface area contributed by atoms with Gasteiger partial charge in [0, 0.05) is 6.42 Å². The highest BCUT2D eigenvalue weighted by Gasteiger charge is 1.98. The molecule has 0 fully saturated rings. The first-order valence-electron chi connectivity index (χ1n) is 3.68. The van der Waals surface area contributed by atoms with Crippen molar-refractivity contribution in [1.29, 1.82) is 0 Å². The lowest BCUT2D eigenvalue weighted by molar-refractivity contribution is 0.403. The number of phenolic OH excluding ortho intramolecular Hbond substituents is 2. The van der Waals surface area contributed by atoms with Crippen LogP contribution >= 0.6 is 0 Å². The molecule has 0 radical (unpaired) electrons. The topological polar surface area (TPSA) is 40.5 Å². The molecular weight excluding hydrogens is 152 g/mol. The third-order valence-electron chi connectivity index (χ3n) is 1.60. The maximum Gasteiger partial charge on any atom is 0.157 e. The molecule has 0 heterocycles. The molecular formula is C10H10O2. The highest BCUT2D eigenvalue weighted by atomic mass is 16.3. The van der Waals surface area contributed by atoms with Gasteiger partial charge in [0.15, 0.2) is 11.5 Å². The number of hydrogen-bond donors (Lipinski definition) is 2. The molecule has 1 rings (SSSR count). The molecule has 1 aromatic carbocycles. The van der Waals surface area contributed by atoms with Crippen LogP contribution in [0.1, 0.15) is 12.0 Å². The second-order valence-electron chi connectivity index (χ2n) is 2.53. The van der Waals surface area contributed by atoms with Gasteiger partial charge in [-0.3, -0.25) is 0 Å². The minimum Gasteiger partial charge on any atom is -0.504 e. The van der Waals surface area contributed by atoms with E-state index in [4.69, 9.17) is 16.6 Å². The van der Waals surface area contributed by atoms with Gasteiger partial charge in [0.1, 0.15) is 0 Å². The van der Waals surface area contributed by atoms with Gasteiger partial charge in [0.25, 0.3) is 0 Å². The molecule has 1 aromatic rings. The fraction of sp³-hybridized carbons (Fsp3) is 0.200. The second kappa shape index (κ2) is 3.68. The largest absolute Gasteiger partial charge is 0.504 e. The maximum atomic E-state index is 9.10. The van der Waals surface area contributed by atoms with Crippen LogP contribution in [-0.4, -0.2) is 10.2 Å². The van der Waals surface area contributed by atoms with E-state index in [0.717, 1.165) is 12.0 Å². The van der Waals surface area contributed by atoms with Gasteiger partial charge in [0.2, 0.25) is 0 Å². The van der Waals surface area contributed by atoms with Crippen LogP contribution in [0.3, 0.4) is 0 Å². The quantitative estimate of drug-likeness (QED) is 0.513. The van der Waals surface area contributed by atoms with Crippen molar-refractivity contribution >= 4 is 0 Å². The summed E-state index contributed by atoms with van der Waals surface area (Å²) in [5.74, 6) is 2.32. The van der Waals surface area contributed by atoms with Crippen molar-refractivity contribution in [2.75, 3.05) is 0 Å². The molecule has 0 aliphatic carbocycles. The lowest BCUT2D eigenvalue weighted by atomic mass is 10.1. The minimum atomic E-state index is -0.0977. The first-order chi connectivity index (χ1) is 5.74. The van der Waals surface area contributed by atoms with Gasteiger partial charge in [-0.1, -0.05) is 6.07 Å². The molecule has 0 bridgehead atoms. The van der Waals surface area contributed by atoms with Crippen molar-refractivity contribution in [2.45, 2.75) is 12.8 Å². The summed E-state index contributed by atoms with van der Waals surface area (Å²) in [4.78, 5) is 0. The number of hydrogen-bond acceptors (Lipinski definition) is 2. The summed E-state index contributed by atoms with van der Waals surface area (Å²) >= 11 is 0. The highest BCUT2D eigenvalue weighted by molar-refractivity contribution is 5.40. The van der Waals surface area contributed by atoms with Crippen LogP contribution in [0.15, 0.2) is 18.2 Å². The lowest BCUT2D eigenvalue weighted by Crippen LogP contribution is -1.82. The van der Waals surface area contributed by atoms with Crippen LogP contribution in [0.4, 0.5) is 0 Å². The van der Waals surface area contributed by atoms with Gasteiger partial charge in [-0.2, -0.15) is 0 Å². The summed E-state index contributed by atoms with van der Waals surface area (Å²) in [6, 6.07) is 4.72. The first kappa shape index (κ1) is 8.48. The Morgan fingerprint density at radius 1 is 1.25 bits per heavy atom. The molecule has 0 saturated carbocycles. The molecule has 62 valence electrons. The molecule has 0 amide bonds. The predicted molar refractivity (Wildman–Crippen MR) is 46.9 cm³/mol. The Morgan fingerprint density at radius 3 is 2.58 bits per heavy atom. The molecule has 2 nitrogen and oxygen atoms in total. The fourth-order valence-corrected chi connectivity index (χ4v) is 0.941. The van der Waals surface area contributed by atoms with E-state index in [1.165, 1.54) is 12.1 Å². The van der Waals surface area contributed by atoms with E-state index in [2.05, 4.69) is 5.92 Å². The van der Waals surface area contributed by atoms with Gasteiger partial charge in [-0.05, 0) is 24.1 Å². The van der Waals surface area contributed by atoms with Crippen molar-refractivity contribution in [1.82, 2.24) is 0 Å². The van der Waals surface area contributed by atoms with Gasteiger partial charge in [-0.25, -0.2) is 0 Å². The van der Waals surface area contributed by atoms with Crippen LogP contribution < -0.4 is 0 Å². The Bertz CT molecular complexity index is 310. The number of terminal acetylenes is 1. The Morgan fingerprint density at radius 2 is 2.00 bits per heavy atom. The SMILES string of the molecule is C#CCCc1ccc(O)c(O)c1. The summed E-state index contributed by atoms with van der Waals surface area (Å²) < 4.78 is 0. The van der Waals surface area contributed by atoms with Crippen molar-refractivity contribution in [3.05, 3.63) is 23.8 Å². The third-order valence-corrected chi connectivity index (χ3v) is 1.60. The van der Waals surface area contributed by atoms with Gasteiger partial charge in [-0.15, -0.1) is 12.3 Å². The minimum absolute atomic E-state index is 0.0930.